The van der Waals surface area contributed by atoms with E-state index in [1.807, 2.05) is 0 Å². The number of carbonyl (C=O) groups is 2. The maximum absolute atomic E-state index is 12.8. The number of likely N-dealkylation sites (N-methyl/N-ethyl adjacent to an activating group) is 1. The summed E-state index contributed by atoms with van der Waals surface area (Å²) in [4.78, 5) is 24.9. The first-order valence-corrected chi connectivity index (χ1v) is 7.91. The van der Waals surface area contributed by atoms with E-state index in [2.05, 4.69) is 0 Å². The van der Waals surface area contributed by atoms with Crippen molar-refractivity contribution in [3.63, 3.8) is 0 Å². The minimum absolute atomic E-state index is 0.0945. The van der Waals surface area contributed by atoms with Crippen LogP contribution in [-0.2, 0) is 11.2 Å². The second-order valence-corrected chi connectivity index (χ2v) is 5.58. The number of amides is 1. The number of ether oxygens (including phenoxy) is 1. The van der Waals surface area contributed by atoms with Crippen LogP contribution in [0.2, 0.25) is 0 Å². The topological polar surface area (TPSA) is 66.8 Å². The summed E-state index contributed by atoms with van der Waals surface area (Å²) in [6.07, 6.45) is 0.585. The summed E-state index contributed by atoms with van der Waals surface area (Å²) in [6.45, 7) is 0.677. The normalized spacial score (nSPS) is 10.3. The fourth-order valence-corrected chi connectivity index (χ4v) is 2.34. The number of aromatic carboxylic acids is 1. The third-order valence-corrected chi connectivity index (χ3v) is 3.79. The Hall–Kier alpha value is -2.89. The molecule has 1 amide bonds. The fourth-order valence-electron chi connectivity index (χ4n) is 2.34. The van der Waals surface area contributed by atoms with E-state index < -0.39 is 5.97 Å². The van der Waals surface area contributed by atoms with Crippen LogP contribution in [0.25, 0.3) is 0 Å². The van der Waals surface area contributed by atoms with Gasteiger partial charge in [0.2, 0.25) is 5.91 Å². The zero-order chi connectivity index (χ0) is 18.2. The molecule has 132 valence electrons. The highest BCUT2D eigenvalue weighted by Gasteiger charge is 2.13. The van der Waals surface area contributed by atoms with Crippen molar-refractivity contribution in [3.05, 3.63) is 65.5 Å². The summed E-state index contributed by atoms with van der Waals surface area (Å²) >= 11 is 0. The summed E-state index contributed by atoms with van der Waals surface area (Å²) in [7, 11) is 1.67. The zero-order valence-electron chi connectivity index (χ0n) is 13.9. The number of hydrogen-bond acceptors (Lipinski definition) is 3. The van der Waals surface area contributed by atoms with Crippen molar-refractivity contribution in [2.45, 2.75) is 12.8 Å². The molecule has 0 saturated carbocycles. The largest absolute Gasteiger partial charge is 0.492 e. The van der Waals surface area contributed by atoms with Crippen molar-refractivity contribution in [1.82, 2.24) is 4.90 Å². The molecule has 0 aliphatic rings. The molecule has 2 rings (SSSR count). The van der Waals surface area contributed by atoms with Crippen LogP contribution in [0, 0.1) is 5.82 Å². The number of carbonyl (C=O) groups excluding carboxylic acids is 1. The zero-order valence-corrected chi connectivity index (χ0v) is 13.9. The Morgan fingerprint density at radius 2 is 1.80 bits per heavy atom. The third kappa shape index (κ3) is 5.60. The third-order valence-electron chi connectivity index (χ3n) is 3.79. The summed E-state index contributed by atoms with van der Waals surface area (Å²) in [5.74, 6) is -0.883. The molecule has 1 N–H and O–H groups in total. The average Bonchev–Trinajstić information content (AvgIpc) is 2.61. The van der Waals surface area contributed by atoms with Crippen LogP contribution in [-0.4, -0.2) is 42.1 Å². The van der Waals surface area contributed by atoms with Gasteiger partial charge in [0.15, 0.2) is 0 Å². The van der Waals surface area contributed by atoms with Gasteiger partial charge < -0.3 is 14.7 Å². The van der Waals surface area contributed by atoms with Gasteiger partial charge in [-0.3, -0.25) is 4.79 Å². The SMILES string of the molecule is CN(CCOc1ccc(F)cc1)C(=O)CCc1ccccc1C(=O)O. The van der Waals surface area contributed by atoms with Crippen LogP contribution in [0.3, 0.4) is 0 Å². The molecule has 0 saturated heterocycles. The fraction of sp³-hybridized carbons (Fsp3) is 0.263. The van der Waals surface area contributed by atoms with E-state index in [0.717, 1.165) is 0 Å². The van der Waals surface area contributed by atoms with Crippen molar-refractivity contribution in [1.29, 1.82) is 0 Å². The number of halogens is 1. The van der Waals surface area contributed by atoms with Crippen molar-refractivity contribution in [3.8, 4) is 5.75 Å². The van der Waals surface area contributed by atoms with Gasteiger partial charge in [-0.25, -0.2) is 9.18 Å². The lowest BCUT2D eigenvalue weighted by Gasteiger charge is -2.18. The number of aryl methyl sites for hydroxylation is 1. The summed E-state index contributed by atoms with van der Waals surface area (Å²) < 4.78 is 18.3. The molecule has 0 fully saturated rings. The molecule has 0 bridgehead atoms. The molecule has 5 nitrogen and oxygen atoms in total. The van der Waals surface area contributed by atoms with Gasteiger partial charge in [-0.1, -0.05) is 18.2 Å². The van der Waals surface area contributed by atoms with Crippen LogP contribution in [0.5, 0.6) is 5.75 Å². The molecule has 2 aromatic rings. The molecule has 0 heterocycles. The van der Waals surface area contributed by atoms with Gasteiger partial charge in [-0.15, -0.1) is 0 Å². The molecule has 0 radical (unpaired) electrons. The van der Waals surface area contributed by atoms with Crippen molar-refractivity contribution < 1.29 is 23.8 Å². The Morgan fingerprint density at radius 3 is 2.48 bits per heavy atom. The summed E-state index contributed by atoms with van der Waals surface area (Å²) in [5.41, 5.74) is 0.858. The molecule has 0 aliphatic carbocycles. The van der Waals surface area contributed by atoms with E-state index in [4.69, 9.17) is 9.84 Å². The summed E-state index contributed by atoms with van der Waals surface area (Å²) in [5, 5.41) is 9.15. The van der Waals surface area contributed by atoms with Crippen molar-refractivity contribution >= 4 is 11.9 Å². The molecular weight excluding hydrogens is 325 g/mol. The lowest BCUT2D eigenvalue weighted by molar-refractivity contribution is -0.130. The average molecular weight is 345 g/mol. The van der Waals surface area contributed by atoms with Gasteiger partial charge in [-0.2, -0.15) is 0 Å². The quantitative estimate of drug-likeness (QED) is 0.799. The van der Waals surface area contributed by atoms with Gasteiger partial charge >= 0.3 is 5.97 Å². The van der Waals surface area contributed by atoms with E-state index in [1.54, 1.807) is 25.2 Å². The molecule has 0 spiro atoms. The van der Waals surface area contributed by atoms with E-state index >= 15 is 0 Å². The van der Waals surface area contributed by atoms with Gasteiger partial charge in [-0.05, 0) is 42.3 Å². The molecule has 0 unspecified atom stereocenters. The first-order chi connectivity index (χ1) is 12.0. The highest BCUT2D eigenvalue weighted by molar-refractivity contribution is 5.89. The second-order valence-electron chi connectivity index (χ2n) is 5.58. The monoisotopic (exact) mass is 345 g/mol. The molecule has 0 aromatic heterocycles. The highest BCUT2D eigenvalue weighted by Crippen LogP contribution is 2.13. The van der Waals surface area contributed by atoms with E-state index in [0.29, 0.717) is 30.9 Å². The minimum Gasteiger partial charge on any atom is -0.492 e. The number of nitrogens with zero attached hydrogens (tertiary/aromatic N) is 1. The van der Waals surface area contributed by atoms with Gasteiger partial charge in [0, 0.05) is 13.5 Å². The van der Waals surface area contributed by atoms with Crippen LogP contribution < -0.4 is 4.74 Å². The summed E-state index contributed by atoms with van der Waals surface area (Å²) in [6, 6.07) is 12.3. The first kappa shape index (κ1) is 18.4. The highest BCUT2D eigenvalue weighted by atomic mass is 19.1. The molecular formula is C19H20FNO4. The second kappa shape index (κ2) is 8.82. The van der Waals surface area contributed by atoms with Crippen LogP contribution in [0.15, 0.2) is 48.5 Å². The van der Waals surface area contributed by atoms with E-state index in [9.17, 15) is 14.0 Å². The molecule has 0 atom stereocenters. The molecule has 6 heteroatoms. The standard InChI is InChI=1S/C19H20FNO4/c1-21(12-13-25-16-9-7-15(20)8-10-16)18(22)11-6-14-4-2-3-5-17(14)19(23)24/h2-5,7-10H,6,11-13H2,1H3,(H,23,24). The molecule has 25 heavy (non-hydrogen) atoms. The Balaban J connectivity index is 1.78. The number of carboxylic acids is 1. The Labute approximate surface area is 145 Å². The Bertz CT molecular complexity index is 730. The van der Waals surface area contributed by atoms with Gasteiger partial charge in [0.1, 0.15) is 18.2 Å². The van der Waals surface area contributed by atoms with Gasteiger partial charge in [0.25, 0.3) is 0 Å². The predicted octanol–water partition coefficient (Wildman–Crippen LogP) is 2.99. The van der Waals surface area contributed by atoms with E-state index in [1.165, 1.54) is 35.2 Å². The van der Waals surface area contributed by atoms with Crippen LogP contribution in [0.4, 0.5) is 4.39 Å². The van der Waals surface area contributed by atoms with Crippen molar-refractivity contribution in [2.24, 2.45) is 0 Å². The lowest BCUT2D eigenvalue weighted by atomic mass is 10.0. The molecule has 0 aliphatic heterocycles. The number of hydrogen-bond donors (Lipinski definition) is 1. The number of rotatable bonds is 8. The van der Waals surface area contributed by atoms with E-state index in [-0.39, 0.29) is 23.7 Å². The first-order valence-electron chi connectivity index (χ1n) is 7.91. The maximum atomic E-state index is 12.8. The minimum atomic E-state index is -0.996. The predicted molar refractivity (Wildman–Crippen MR) is 91.3 cm³/mol. The Morgan fingerprint density at radius 1 is 1.12 bits per heavy atom. The molecule has 2 aromatic carbocycles. The van der Waals surface area contributed by atoms with Crippen LogP contribution >= 0.6 is 0 Å². The van der Waals surface area contributed by atoms with Crippen molar-refractivity contribution in [2.75, 3.05) is 20.2 Å². The number of benzene rings is 2. The Kier molecular flexibility index (Phi) is 6.51. The van der Waals surface area contributed by atoms with Crippen LogP contribution in [0.1, 0.15) is 22.3 Å². The van der Waals surface area contributed by atoms with Gasteiger partial charge in [0.05, 0.1) is 12.1 Å². The lowest BCUT2D eigenvalue weighted by Crippen LogP contribution is -2.31. The number of carboxylic acid groups (broad SMARTS) is 1. The maximum Gasteiger partial charge on any atom is 0.335 e. The smallest absolute Gasteiger partial charge is 0.335 e.